The van der Waals surface area contributed by atoms with Crippen molar-refractivity contribution in [2.45, 2.75) is 27.3 Å². The highest BCUT2D eigenvalue weighted by atomic mass is 127. The third kappa shape index (κ3) is 7.36. The maximum absolute atomic E-state index is 11.4. The summed E-state index contributed by atoms with van der Waals surface area (Å²) in [6.07, 6.45) is 0. The second-order valence-electron chi connectivity index (χ2n) is 6.30. The molecule has 0 radical (unpaired) electrons. The van der Waals surface area contributed by atoms with Gasteiger partial charge in [0.05, 0.1) is 23.8 Å². The molecule has 2 heterocycles. The van der Waals surface area contributed by atoms with E-state index >= 15 is 0 Å². The molecule has 26 heavy (non-hydrogen) atoms. The number of guanidine groups is 1. The number of nitrogens with one attached hydrogen (secondary N) is 1. The minimum Gasteiger partial charge on any atom is -0.357 e. The minimum atomic E-state index is 0. The summed E-state index contributed by atoms with van der Waals surface area (Å²) in [5.41, 5.74) is 1.08. The van der Waals surface area contributed by atoms with E-state index in [2.05, 4.69) is 32.4 Å². The SMILES string of the molecule is CCNC(=NCCN1CCN(C(C)=O)CC1)N(C)Cc1csc(C)n1.I. The van der Waals surface area contributed by atoms with Gasteiger partial charge >= 0.3 is 0 Å². The first-order chi connectivity index (χ1) is 12.0. The van der Waals surface area contributed by atoms with Crippen LogP contribution in [0.1, 0.15) is 24.5 Å². The summed E-state index contributed by atoms with van der Waals surface area (Å²) < 4.78 is 0. The van der Waals surface area contributed by atoms with Crippen molar-refractivity contribution >= 4 is 47.2 Å². The van der Waals surface area contributed by atoms with Crippen molar-refractivity contribution in [1.82, 2.24) is 25.0 Å². The lowest BCUT2D eigenvalue weighted by molar-refractivity contribution is -0.130. The number of hydrogen-bond acceptors (Lipinski definition) is 5. The van der Waals surface area contributed by atoms with Crippen LogP contribution in [0.15, 0.2) is 10.4 Å². The molecular formula is C17H31IN6OS. The van der Waals surface area contributed by atoms with Gasteiger partial charge in [-0.25, -0.2) is 4.98 Å². The molecule has 0 aliphatic carbocycles. The normalized spacial score (nSPS) is 15.5. The molecule has 1 aromatic heterocycles. The van der Waals surface area contributed by atoms with Crippen molar-refractivity contribution in [3.63, 3.8) is 0 Å². The number of carbonyl (C=O) groups is 1. The maximum atomic E-state index is 11.4. The number of aryl methyl sites for hydroxylation is 1. The largest absolute Gasteiger partial charge is 0.357 e. The summed E-state index contributed by atoms with van der Waals surface area (Å²) in [7, 11) is 2.04. The Morgan fingerprint density at radius 3 is 2.62 bits per heavy atom. The predicted molar refractivity (Wildman–Crippen MR) is 118 cm³/mol. The quantitative estimate of drug-likeness (QED) is 0.370. The van der Waals surface area contributed by atoms with Crippen molar-refractivity contribution < 1.29 is 4.79 Å². The van der Waals surface area contributed by atoms with Crippen LogP contribution < -0.4 is 5.32 Å². The maximum Gasteiger partial charge on any atom is 0.219 e. The number of piperazine rings is 1. The Balaban J connectivity index is 0.00000338. The molecule has 1 aliphatic rings. The van der Waals surface area contributed by atoms with Crippen LogP contribution in [0.4, 0.5) is 0 Å². The van der Waals surface area contributed by atoms with E-state index in [1.165, 1.54) is 0 Å². The van der Waals surface area contributed by atoms with E-state index in [0.29, 0.717) is 0 Å². The van der Waals surface area contributed by atoms with Gasteiger partial charge in [-0.1, -0.05) is 0 Å². The molecule has 1 saturated heterocycles. The summed E-state index contributed by atoms with van der Waals surface area (Å²) in [5.74, 6) is 1.08. The lowest BCUT2D eigenvalue weighted by Crippen LogP contribution is -2.48. The van der Waals surface area contributed by atoms with Crippen LogP contribution in [0.25, 0.3) is 0 Å². The highest BCUT2D eigenvalue weighted by Crippen LogP contribution is 2.10. The Morgan fingerprint density at radius 1 is 1.38 bits per heavy atom. The molecule has 0 aromatic carbocycles. The first kappa shape index (κ1) is 23.1. The third-order valence-corrected chi connectivity index (χ3v) is 5.08. The van der Waals surface area contributed by atoms with Crippen molar-refractivity contribution in [2.24, 2.45) is 4.99 Å². The monoisotopic (exact) mass is 494 g/mol. The molecule has 9 heteroatoms. The minimum absolute atomic E-state index is 0. The van der Waals surface area contributed by atoms with Gasteiger partial charge in [0.25, 0.3) is 0 Å². The van der Waals surface area contributed by atoms with Crippen molar-refractivity contribution in [3.8, 4) is 0 Å². The summed E-state index contributed by atoms with van der Waals surface area (Å²) in [6, 6.07) is 0. The standard InChI is InChI=1S/C17H30N6OS.HI/c1-5-18-17(21(4)12-16-13-25-14(2)20-16)19-6-7-22-8-10-23(11-9-22)15(3)24;/h13H,5-12H2,1-4H3,(H,18,19);1H. The molecule has 1 N–H and O–H groups in total. The average Bonchev–Trinajstić information content (AvgIpc) is 2.99. The van der Waals surface area contributed by atoms with Gasteiger partial charge in [-0.15, -0.1) is 35.3 Å². The number of hydrogen-bond donors (Lipinski definition) is 1. The van der Waals surface area contributed by atoms with Crippen LogP contribution in [0.3, 0.4) is 0 Å². The Labute approximate surface area is 177 Å². The summed E-state index contributed by atoms with van der Waals surface area (Å²) in [5, 5.41) is 6.54. The van der Waals surface area contributed by atoms with Crippen LogP contribution in [-0.4, -0.2) is 84.4 Å². The fourth-order valence-electron chi connectivity index (χ4n) is 2.85. The Bertz CT molecular complexity index is 586. The Kier molecular flexibility index (Phi) is 10.4. The van der Waals surface area contributed by atoms with E-state index in [0.717, 1.165) is 69.0 Å². The van der Waals surface area contributed by atoms with E-state index in [-0.39, 0.29) is 29.9 Å². The third-order valence-electron chi connectivity index (χ3n) is 4.26. The molecule has 7 nitrogen and oxygen atoms in total. The fraction of sp³-hybridized carbons (Fsp3) is 0.706. The Hall–Kier alpha value is -0.940. The Morgan fingerprint density at radius 2 is 2.08 bits per heavy atom. The average molecular weight is 494 g/mol. The lowest BCUT2D eigenvalue weighted by Gasteiger charge is -2.33. The van der Waals surface area contributed by atoms with Crippen LogP contribution in [0, 0.1) is 6.92 Å². The van der Waals surface area contributed by atoms with Crippen molar-refractivity contribution in [2.75, 3.05) is 52.9 Å². The summed E-state index contributed by atoms with van der Waals surface area (Å²) in [4.78, 5) is 27.0. The zero-order valence-electron chi connectivity index (χ0n) is 16.2. The van der Waals surface area contributed by atoms with Crippen LogP contribution in [-0.2, 0) is 11.3 Å². The first-order valence-corrected chi connectivity index (χ1v) is 9.76. The predicted octanol–water partition coefficient (Wildman–Crippen LogP) is 1.63. The van der Waals surface area contributed by atoms with Crippen LogP contribution in [0.5, 0.6) is 0 Å². The molecule has 0 spiro atoms. The van der Waals surface area contributed by atoms with E-state index in [1.807, 2.05) is 18.9 Å². The van der Waals surface area contributed by atoms with Gasteiger partial charge in [-0.2, -0.15) is 0 Å². The highest BCUT2D eigenvalue weighted by Gasteiger charge is 2.18. The molecule has 2 rings (SSSR count). The lowest BCUT2D eigenvalue weighted by atomic mass is 10.3. The van der Waals surface area contributed by atoms with E-state index in [1.54, 1.807) is 18.3 Å². The van der Waals surface area contributed by atoms with Gasteiger partial charge in [0.15, 0.2) is 5.96 Å². The van der Waals surface area contributed by atoms with Crippen LogP contribution in [0.2, 0.25) is 0 Å². The molecule has 1 aromatic rings. The molecular weight excluding hydrogens is 463 g/mol. The van der Waals surface area contributed by atoms with E-state index in [4.69, 9.17) is 4.99 Å². The van der Waals surface area contributed by atoms with E-state index < -0.39 is 0 Å². The van der Waals surface area contributed by atoms with Gasteiger partial charge in [-0.3, -0.25) is 14.7 Å². The molecule has 1 fully saturated rings. The zero-order valence-corrected chi connectivity index (χ0v) is 19.3. The molecule has 0 saturated carbocycles. The van der Waals surface area contributed by atoms with Crippen molar-refractivity contribution in [3.05, 3.63) is 16.1 Å². The number of amides is 1. The molecule has 1 amide bonds. The van der Waals surface area contributed by atoms with Crippen molar-refractivity contribution in [1.29, 1.82) is 0 Å². The summed E-state index contributed by atoms with van der Waals surface area (Å²) in [6.45, 7) is 12.5. The topological polar surface area (TPSA) is 64.1 Å². The van der Waals surface area contributed by atoms with Gasteiger partial charge in [-0.05, 0) is 13.8 Å². The van der Waals surface area contributed by atoms with Crippen LogP contribution >= 0.6 is 35.3 Å². The second-order valence-corrected chi connectivity index (χ2v) is 7.36. The number of thiazole rings is 1. The number of halogens is 1. The number of nitrogens with zero attached hydrogens (tertiary/aromatic N) is 5. The highest BCUT2D eigenvalue weighted by molar-refractivity contribution is 14.0. The van der Waals surface area contributed by atoms with Gasteiger partial charge in [0.2, 0.25) is 5.91 Å². The molecule has 0 unspecified atom stereocenters. The first-order valence-electron chi connectivity index (χ1n) is 8.88. The number of aliphatic imine (C=N–C) groups is 1. The molecule has 0 bridgehead atoms. The van der Waals surface area contributed by atoms with E-state index in [9.17, 15) is 4.79 Å². The van der Waals surface area contributed by atoms with Gasteiger partial charge in [0, 0.05) is 58.6 Å². The molecule has 0 atom stereocenters. The van der Waals surface area contributed by atoms with Gasteiger partial charge in [0.1, 0.15) is 0 Å². The number of rotatable bonds is 6. The number of aromatic nitrogens is 1. The molecule has 148 valence electrons. The number of carbonyl (C=O) groups excluding carboxylic acids is 1. The second kappa shape index (κ2) is 11.7. The summed E-state index contributed by atoms with van der Waals surface area (Å²) >= 11 is 1.68. The fourth-order valence-corrected chi connectivity index (χ4v) is 3.46. The molecule has 1 aliphatic heterocycles. The smallest absolute Gasteiger partial charge is 0.219 e. The van der Waals surface area contributed by atoms with Gasteiger partial charge < -0.3 is 15.1 Å². The zero-order chi connectivity index (χ0) is 18.2.